The molecule has 0 unspecified atom stereocenters. The highest BCUT2D eigenvalue weighted by Crippen LogP contribution is 2.38. The van der Waals surface area contributed by atoms with Crippen molar-refractivity contribution >= 4 is 5.82 Å². The summed E-state index contributed by atoms with van der Waals surface area (Å²) < 4.78 is 23.5. The molecule has 5 aliphatic heterocycles. The monoisotopic (exact) mass is 825 g/mol. The van der Waals surface area contributed by atoms with Crippen LogP contribution in [0.1, 0.15) is 88.7 Å². The first-order chi connectivity index (χ1) is 29.6. The molecule has 10 heteroatoms. The maximum Gasteiger partial charge on any atom is 0.125 e. The summed E-state index contributed by atoms with van der Waals surface area (Å²) in [6.45, 7) is 22.7. The maximum atomic E-state index is 6.06. The summed E-state index contributed by atoms with van der Waals surface area (Å²) in [6.07, 6.45) is 15.0. The van der Waals surface area contributed by atoms with E-state index in [4.69, 9.17) is 18.9 Å². The third kappa shape index (κ3) is 13.4. The molecule has 5 saturated heterocycles. The number of benzene rings is 2. The van der Waals surface area contributed by atoms with Gasteiger partial charge in [0, 0.05) is 95.8 Å². The van der Waals surface area contributed by atoms with E-state index in [9.17, 15) is 0 Å². The van der Waals surface area contributed by atoms with E-state index in [0.29, 0.717) is 0 Å². The molecule has 1 aromatic heterocycles. The average molecular weight is 825 g/mol. The number of hydrogen-bond acceptors (Lipinski definition) is 10. The number of anilines is 1. The number of nitrogens with one attached hydrogen (secondary N) is 1. The summed E-state index contributed by atoms with van der Waals surface area (Å²) >= 11 is 0. The van der Waals surface area contributed by atoms with E-state index >= 15 is 0 Å². The van der Waals surface area contributed by atoms with Gasteiger partial charge < -0.3 is 39.0 Å². The topological polar surface area (TPSA) is 74.8 Å². The first-order valence-corrected chi connectivity index (χ1v) is 23.8. The summed E-state index contributed by atoms with van der Waals surface area (Å²) in [4.78, 5) is 14.8. The third-order valence-corrected chi connectivity index (χ3v) is 13.8. The second-order valence-corrected chi connectivity index (χ2v) is 18.0. The Balaban J connectivity index is 0.000000182. The number of ether oxygens (including phenoxy) is 4. The predicted octanol–water partition coefficient (Wildman–Crippen LogP) is 7.73. The largest absolute Gasteiger partial charge is 0.494 e. The van der Waals surface area contributed by atoms with E-state index in [1.807, 2.05) is 24.4 Å². The summed E-state index contributed by atoms with van der Waals surface area (Å²) in [5.41, 5.74) is 3.12. The number of piperazine rings is 1. The van der Waals surface area contributed by atoms with Crippen LogP contribution in [-0.4, -0.2) is 149 Å². The van der Waals surface area contributed by atoms with Gasteiger partial charge in [-0.25, -0.2) is 4.98 Å². The zero-order valence-electron chi connectivity index (χ0n) is 37.0. The van der Waals surface area contributed by atoms with E-state index < -0.39 is 0 Å². The van der Waals surface area contributed by atoms with Crippen LogP contribution >= 0.6 is 0 Å². The Morgan fingerprint density at radius 3 is 1.55 bits per heavy atom. The minimum absolute atomic E-state index is 0.0735. The normalized spacial score (nSPS) is 21.3. The van der Waals surface area contributed by atoms with Crippen molar-refractivity contribution in [3.63, 3.8) is 0 Å². The molecule has 0 bridgehead atoms. The zero-order valence-corrected chi connectivity index (χ0v) is 37.0. The number of likely N-dealkylation sites (tertiary alicyclic amines) is 2. The Kier molecular flexibility index (Phi) is 17.8. The molecular weight excluding hydrogens is 749 g/mol. The summed E-state index contributed by atoms with van der Waals surface area (Å²) in [7, 11) is 0. The molecule has 8 rings (SSSR count). The van der Waals surface area contributed by atoms with Gasteiger partial charge in [-0.3, -0.25) is 4.90 Å². The van der Waals surface area contributed by atoms with Gasteiger partial charge in [-0.05, 0) is 151 Å². The SMILES string of the molecule is CCCN1CCN(CC2(c3ccc(OCCCN4CCCC4)cc3)CCOCC2)CC1.c1ccc(NCC2(c3ccc(OCCCN4CCCC4)cc3)CCOCC2)nc1. The fourth-order valence-electron chi connectivity index (χ4n) is 10.1. The number of pyridine rings is 1. The molecule has 5 fully saturated rings. The number of rotatable bonds is 19. The van der Waals surface area contributed by atoms with Crippen LogP contribution in [-0.2, 0) is 20.3 Å². The van der Waals surface area contributed by atoms with Gasteiger partial charge in [-0.15, -0.1) is 0 Å². The fourth-order valence-corrected chi connectivity index (χ4v) is 10.1. The standard InChI is InChI=1S/C26H43N3O2.C24H33N3O2/c1-2-12-27-16-18-29(19-17-27)23-26(10-21-30-22-11-26)24-6-8-25(9-7-24)31-20-5-15-28-13-3-4-14-28;1-2-13-25-23(6-1)26-20-24(11-18-28-19-12-24)21-7-9-22(10-8-21)29-17-5-16-27-14-3-4-15-27/h6-9H,2-5,10-23H2,1H3;1-2,6-10,13H,3-5,11-12,14-20H2,(H,25,26). The van der Waals surface area contributed by atoms with Crippen LogP contribution in [0.15, 0.2) is 72.9 Å². The number of nitrogens with zero attached hydrogens (tertiary/aromatic N) is 5. The van der Waals surface area contributed by atoms with E-state index in [0.717, 1.165) is 115 Å². The molecule has 3 aromatic rings. The molecular formula is C50H76N6O4. The molecule has 0 radical (unpaired) electrons. The highest BCUT2D eigenvalue weighted by Gasteiger charge is 2.37. The van der Waals surface area contributed by atoms with Gasteiger partial charge in [-0.1, -0.05) is 37.3 Å². The van der Waals surface area contributed by atoms with Gasteiger partial charge in [0.1, 0.15) is 17.3 Å². The highest BCUT2D eigenvalue weighted by molar-refractivity contribution is 5.39. The van der Waals surface area contributed by atoms with Crippen LogP contribution in [0.5, 0.6) is 11.5 Å². The van der Waals surface area contributed by atoms with Crippen molar-refractivity contribution in [3.05, 3.63) is 84.1 Å². The number of hydrogen-bond donors (Lipinski definition) is 1. The van der Waals surface area contributed by atoms with Gasteiger partial charge in [0.15, 0.2) is 0 Å². The van der Waals surface area contributed by atoms with Crippen LogP contribution in [0.2, 0.25) is 0 Å². The molecule has 5 aliphatic rings. The summed E-state index contributed by atoms with van der Waals surface area (Å²) in [6, 6.07) is 23.8. The van der Waals surface area contributed by atoms with E-state index in [-0.39, 0.29) is 10.8 Å². The Bertz CT molecular complexity index is 1600. The van der Waals surface area contributed by atoms with Crippen molar-refractivity contribution in [1.29, 1.82) is 0 Å². The van der Waals surface area contributed by atoms with Crippen LogP contribution in [0, 0.1) is 0 Å². The summed E-state index contributed by atoms with van der Waals surface area (Å²) in [5, 5.41) is 3.53. The van der Waals surface area contributed by atoms with E-state index in [1.165, 1.54) is 109 Å². The van der Waals surface area contributed by atoms with Crippen molar-refractivity contribution in [2.45, 2.75) is 88.4 Å². The zero-order chi connectivity index (χ0) is 41.1. The van der Waals surface area contributed by atoms with E-state index in [2.05, 4.69) is 85.4 Å². The molecule has 0 atom stereocenters. The lowest BCUT2D eigenvalue weighted by Gasteiger charge is -2.44. The molecule has 2 aromatic carbocycles. The highest BCUT2D eigenvalue weighted by atomic mass is 16.5. The lowest BCUT2D eigenvalue weighted by Crippen LogP contribution is -2.52. The Morgan fingerprint density at radius 2 is 1.05 bits per heavy atom. The second kappa shape index (κ2) is 23.8. The molecule has 6 heterocycles. The molecule has 0 spiro atoms. The Hall–Kier alpha value is -3.25. The van der Waals surface area contributed by atoms with Gasteiger partial charge in [0.05, 0.1) is 13.2 Å². The Labute approximate surface area is 362 Å². The predicted molar refractivity (Wildman–Crippen MR) is 244 cm³/mol. The third-order valence-electron chi connectivity index (χ3n) is 13.8. The quantitative estimate of drug-likeness (QED) is 0.122. The smallest absolute Gasteiger partial charge is 0.125 e. The fraction of sp³-hybridized carbons (Fsp3) is 0.660. The number of aromatic nitrogens is 1. The first-order valence-electron chi connectivity index (χ1n) is 23.8. The molecule has 0 aliphatic carbocycles. The molecule has 0 amide bonds. The summed E-state index contributed by atoms with van der Waals surface area (Å²) in [5.74, 6) is 2.91. The minimum atomic E-state index is 0.0735. The van der Waals surface area contributed by atoms with Crippen LogP contribution < -0.4 is 14.8 Å². The van der Waals surface area contributed by atoms with Gasteiger partial charge in [0.2, 0.25) is 0 Å². The van der Waals surface area contributed by atoms with Crippen molar-refractivity contribution in [3.8, 4) is 11.5 Å². The maximum absolute atomic E-state index is 6.06. The first kappa shape index (κ1) is 44.8. The van der Waals surface area contributed by atoms with Crippen molar-refractivity contribution in [1.82, 2.24) is 24.6 Å². The lowest BCUT2D eigenvalue weighted by atomic mass is 9.73. The molecule has 0 saturated carbocycles. The van der Waals surface area contributed by atoms with Crippen molar-refractivity contribution in [2.75, 3.05) is 130 Å². The van der Waals surface area contributed by atoms with Gasteiger partial charge >= 0.3 is 0 Å². The molecule has 1 N–H and O–H groups in total. The van der Waals surface area contributed by atoms with E-state index in [1.54, 1.807) is 0 Å². The lowest BCUT2D eigenvalue weighted by molar-refractivity contribution is 0.0242. The van der Waals surface area contributed by atoms with Crippen LogP contribution in [0.3, 0.4) is 0 Å². The molecule has 330 valence electrons. The van der Waals surface area contributed by atoms with Gasteiger partial charge in [-0.2, -0.15) is 0 Å². The molecule has 10 nitrogen and oxygen atoms in total. The minimum Gasteiger partial charge on any atom is -0.494 e. The van der Waals surface area contributed by atoms with Crippen molar-refractivity contribution in [2.24, 2.45) is 0 Å². The van der Waals surface area contributed by atoms with Crippen LogP contribution in [0.4, 0.5) is 5.82 Å². The van der Waals surface area contributed by atoms with Crippen molar-refractivity contribution < 1.29 is 18.9 Å². The molecule has 60 heavy (non-hydrogen) atoms. The van der Waals surface area contributed by atoms with Crippen LogP contribution in [0.25, 0.3) is 0 Å². The Morgan fingerprint density at radius 1 is 0.567 bits per heavy atom. The van der Waals surface area contributed by atoms with Gasteiger partial charge in [0.25, 0.3) is 0 Å². The average Bonchev–Trinajstić information content (AvgIpc) is 4.04. The second-order valence-electron chi connectivity index (χ2n) is 18.0.